The summed E-state index contributed by atoms with van der Waals surface area (Å²) in [5.74, 6) is 3.12. The van der Waals surface area contributed by atoms with Crippen LogP contribution in [0.2, 0.25) is 0 Å². The number of hydrogen-bond acceptors (Lipinski definition) is 4. The summed E-state index contributed by atoms with van der Waals surface area (Å²) < 4.78 is 13.7. The van der Waals surface area contributed by atoms with Crippen LogP contribution in [0.25, 0.3) is 55.8 Å². The number of para-hydroxylation sites is 2. The van der Waals surface area contributed by atoms with Crippen molar-refractivity contribution in [3.8, 4) is 67.9 Å². The summed E-state index contributed by atoms with van der Waals surface area (Å²) in [4.78, 5) is 10.4. The molecule has 9 aromatic rings. The highest BCUT2D eigenvalue weighted by Gasteiger charge is 2.47. The van der Waals surface area contributed by atoms with Crippen LogP contribution in [0.5, 0.6) is 23.0 Å². The number of fused-ring (bicyclic) bond motifs is 6. The van der Waals surface area contributed by atoms with Gasteiger partial charge < -0.3 is 9.47 Å². The minimum atomic E-state index is -0.556. The smallest absolute Gasteiger partial charge is 0.181 e. The molecule has 0 saturated carbocycles. The Balaban J connectivity index is 1.06. The van der Waals surface area contributed by atoms with E-state index in [1.54, 1.807) is 0 Å². The van der Waals surface area contributed by atoms with Crippen molar-refractivity contribution >= 4 is 10.9 Å². The third kappa shape index (κ3) is 4.85. The fourth-order valence-corrected chi connectivity index (χ4v) is 8.58. The molecular weight excluding hydrogens is 673 g/mol. The maximum absolute atomic E-state index is 6.97. The first-order valence-corrected chi connectivity index (χ1v) is 18.6. The third-order valence-electron chi connectivity index (χ3n) is 11.0. The van der Waals surface area contributed by atoms with Gasteiger partial charge in [0.25, 0.3) is 0 Å². The Hall–Kier alpha value is -7.30. The van der Waals surface area contributed by atoms with Gasteiger partial charge in [-0.05, 0) is 74.8 Å². The number of ether oxygens (including phenoxy) is 2. The zero-order chi connectivity index (χ0) is 36.3. The molecule has 2 heterocycles. The molecule has 11 rings (SSSR count). The topological polar surface area (TPSA) is 44.2 Å². The number of rotatable bonds is 5. The highest BCUT2D eigenvalue weighted by atomic mass is 16.6. The van der Waals surface area contributed by atoms with E-state index in [4.69, 9.17) is 19.4 Å². The molecule has 2 aliphatic rings. The Morgan fingerprint density at radius 2 is 0.982 bits per heavy atom. The molecule has 0 atom stereocenters. The molecule has 0 amide bonds. The van der Waals surface area contributed by atoms with Gasteiger partial charge in [-0.3, -0.25) is 0 Å². The van der Waals surface area contributed by atoms with Crippen LogP contribution < -0.4 is 9.47 Å². The van der Waals surface area contributed by atoms with Gasteiger partial charge in [-0.2, -0.15) is 0 Å². The van der Waals surface area contributed by atoms with Crippen molar-refractivity contribution in [2.75, 3.05) is 0 Å². The van der Waals surface area contributed by atoms with Crippen molar-refractivity contribution < 1.29 is 9.47 Å². The van der Waals surface area contributed by atoms with Gasteiger partial charge in [0.15, 0.2) is 28.8 Å². The SMILES string of the molecule is c1ccc(-c2ccc(-c3nc(-c4cccc5c4Oc4cc6c(cc4O5)-c4ccccc4C6(c4ccccc4)c4ccccc4)nc4ccccc34)cc2)cc1. The van der Waals surface area contributed by atoms with Crippen molar-refractivity contribution in [1.82, 2.24) is 9.97 Å². The van der Waals surface area contributed by atoms with Crippen LogP contribution in [0.1, 0.15) is 22.3 Å². The Labute approximate surface area is 319 Å². The predicted molar refractivity (Wildman–Crippen MR) is 220 cm³/mol. The van der Waals surface area contributed by atoms with Crippen molar-refractivity contribution in [3.05, 3.63) is 216 Å². The van der Waals surface area contributed by atoms with Crippen LogP contribution in [0.3, 0.4) is 0 Å². The molecule has 4 nitrogen and oxygen atoms in total. The van der Waals surface area contributed by atoms with Crippen LogP contribution >= 0.6 is 0 Å². The van der Waals surface area contributed by atoms with E-state index in [0.29, 0.717) is 28.8 Å². The summed E-state index contributed by atoms with van der Waals surface area (Å²) in [6.07, 6.45) is 0. The lowest BCUT2D eigenvalue weighted by Crippen LogP contribution is -2.28. The van der Waals surface area contributed by atoms with Gasteiger partial charge in [0.2, 0.25) is 0 Å². The molecule has 55 heavy (non-hydrogen) atoms. The summed E-state index contributed by atoms with van der Waals surface area (Å²) in [6, 6.07) is 67.7. The minimum Gasteiger partial charge on any atom is -0.449 e. The summed E-state index contributed by atoms with van der Waals surface area (Å²) in [5, 5.41) is 0.985. The Morgan fingerprint density at radius 3 is 1.75 bits per heavy atom. The van der Waals surface area contributed by atoms with Gasteiger partial charge in [0.05, 0.1) is 22.2 Å². The number of hydrogen-bond donors (Lipinski definition) is 0. The predicted octanol–water partition coefficient (Wildman–Crippen LogP) is 12.9. The first kappa shape index (κ1) is 31.2. The quantitative estimate of drug-likeness (QED) is 0.179. The summed E-state index contributed by atoms with van der Waals surface area (Å²) >= 11 is 0. The lowest BCUT2D eigenvalue weighted by molar-refractivity contribution is 0.360. The number of benzene rings is 8. The van der Waals surface area contributed by atoms with Crippen LogP contribution in [0.4, 0.5) is 0 Å². The van der Waals surface area contributed by atoms with E-state index in [1.807, 2.05) is 42.5 Å². The summed E-state index contributed by atoms with van der Waals surface area (Å²) in [6.45, 7) is 0. The molecule has 0 saturated heterocycles. The van der Waals surface area contributed by atoms with Gasteiger partial charge in [-0.25, -0.2) is 9.97 Å². The fraction of sp³-hybridized carbons (Fsp3) is 0.0196. The molecule has 0 N–H and O–H groups in total. The van der Waals surface area contributed by atoms with Crippen molar-refractivity contribution in [1.29, 1.82) is 0 Å². The van der Waals surface area contributed by atoms with Crippen LogP contribution in [-0.4, -0.2) is 9.97 Å². The molecule has 0 radical (unpaired) electrons. The van der Waals surface area contributed by atoms with Gasteiger partial charge in [-0.1, -0.05) is 164 Å². The molecule has 0 fully saturated rings. The van der Waals surface area contributed by atoms with Gasteiger partial charge in [-0.15, -0.1) is 0 Å². The van der Waals surface area contributed by atoms with E-state index < -0.39 is 5.41 Å². The molecule has 0 spiro atoms. The van der Waals surface area contributed by atoms with Crippen LogP contribution in [0, 0.1) is 0 Å². The zero-order valence-electron chi connectivity index (χ0n) is 29.7. The second kappa shape index (κ2) is 12.4. The molecule has 1 aliphatic carbocycles. The standard InChI is InChI=1S/C51H32N2O2/c1-4-15-33(16-5-1)34-27-29-35(30-28-34)48-39-22-11-13-25-44(39)52-50(53-48)40-23-14-26-45-49(40)55-47-32-43-41(31-46(47)54-45)38-21-10-12-24-42(38)51(43,36-17-6-2-7-18-36)37-19-8-3-9-20-37/h1-32H. The average Bonchev–Trinajstić information content (AvgIpc) is 3.55. The largest absolute Gasteiger partial charge is 0.449 e. The zero-order valence-corrected chi connectivity index (χ0v) is 29.7. The average molecular weight is 705 g/mol. The highest BCUT2D eigenvalue weighted by Crippen LogP contribution is 2.60. The van der Waals surface area contributed by atoms with Gasteiger partial charge in [0, 0.05) is 10.9 Å². The maximum atomic E-state index is 6.97. The second-order valence-corrected chi connectivity index (χ2v) is 14.1. The summed E-state index contributed by atoms with van der Waals surface area (Å²) in [7, 11) is 0. The van der Waals surface area contributed by atoms with Crippen molar-refractivity contribution in [2.45, 2.75) is 5.41 Å². The van der Waals surface area contributed by atoms with Gasteiger partial charge in [0.1, 0.15) is 0 Å². The van der Waals surface area contributed by atoms with Crippen LogP contribution in [0.15, 0.2) is 194 Å². The number of aromatic nitrogens is 2. The third-order valence-corrected chi connectivity index (χ3v) is 11.0. The molecule has 258 valence electrons. The molecule has 0 unspecified atom stereocenters. The van der Waals surface area contributed by atoms with E-state index in [-0.39, 0.29) is 0 Å². The molecule has 8 aromatic carbocycles. The first-order valence-electron chi connectivity index (χ1n) is 18.6. The lowest BCUT2D eigenvalue weighted by atomic mass is 9.67. The number of nitrogens with zero attached hydrogens (tertiary/aromatic N) is 2. The normalized spacial score (nSPS) is 13.2. The van der Waals surface area contributed by atoms with Crippen LogP contribution in [-0.2, 0) is 5.41 Å². The first-order chi connectivity index (χ1) is 27.3. The van der Waals surface area contributed by atoms with Crippen molar-refractivity contribution in [2.24, 2.45) is 0 Å². The Bertz CT molecular complexity index is 2870. The molecule has 1 aromatic heterocycles. The van der Waals surface area contributed by atoms with E-state index in [0.717, 1.165) is 44.4 Å². The summed E-state index contributed by atoms with van der Waals surface area (Å²) in [5.41, 5.74) is 12.4. The highest BCUT2D eigenvalue weighted by molar-refractivity contribution is 5.95. The minimum absolute atomic E-state index is 0.556. The lowest BCUT2D eigenvalue weighted by Gasteiger charge is -2.34. The monoisotopic (exact) mass is 704 g/mol. The maximum Gasteiger partial charge on any atom is 0.181 e. The van der Waals surface area contributed by atoms with E-state index in [9.17, 15) is 0 Å². The molecular formula is C51H32N2O2. The fourth-order valence-electron chi connectivity index (χ4n) is 8.58. The van der Waals surface area contributed by atoms with E-state index in [2.05, 4.69) is 152 Å². The Morgan fingerprint density at radius 1 is 0.382 bits per heavy atom. The molecule has 0 bridgehead atoms. The van der Waals surface area contributed by atoms with Gasteiger partial charge >= 0.3 is 0 Å². The second-order valence-electron chi connectivity index (χ2n) is 14.1. The molecule has 1 aliphatic heterocycles. The van der Waals surface area contributed by atoms with Crippen molar-refractivity contribution in [3.63, 3.8) is 0 Å². The van der Waals surface area contributed by atoms with E-state index in [1.165, 1.54) is 27.8 Å². The Kier molecular flexibility index (Phi) is 7.04. The molecule has 4 heteroatoms. The van der Waals surface area contributed by atoms with E-state index >= 15 is 0 Å².